The van der Waals surface area contributed by atoms with Gasteiger partial charge in [0.2, 0.25) is 5.91 Å². The van der Waals surface area contributed by atoms with Crippen LogP contribution in [0.5, 0.6) is 0 Å². The molecule has 0 aliphatic heterocycles. The minimum atomic E-state index is -0.0513. The first-order chi connectivity index (χ1) is 8.11. The Kier molecular flexibility index (Phi) is 5.66. The molecule has 1 aromatic rings. The van der Waals surface area contributed by atoms with Crippen LogP contribution in [-0.4, -0.2) is 25.7 Å². The Hall–Kier alpha value is -1.39. The number of hydrogen-bond acceptors (Lipinski definition) is 3. The fourth-order valence-electron chi connectivity index (χ4n) is 1.51. The fourth-order valence-corrected chi connectivity index (χ4v) is 1.51. The van der Waals surface area contributed by atoms with Crippen LogP contribution >= 0.6 is 0 Å². The number of anilines is 1. The zero-order valence-corrected chi connectivity index (χ0v) is 10.6. The Morgan fingerprint density at radius 1 is 1.35 bits per heavy atom. The first-order valence-electron chi connectivity index (χ1n) is 5.70. The van der Waals surface area contributed by atoms with E-state index in [2.05, 4.69) is 17.6 Å². The molecular formula is C13H20N2O2. The lowest BCUT2D eigenvalue weighted by molar-refractivity contribution is -0.114. The number of ether oxygens (including phenoxy) is 1. The Balaban J connectivity index is 2.42. The number of nitrogens with one attached hydrogen (secondary N) is 2. The molecule has 0 saturated heterocycles. The molecule has 4 nitrogen and oxygen atoms in total. The van der Waals surface area contributed by atoms with E-state index in [0.29, 0.717) is 12.6 Å². The summed E-state index contributed by atoms with van der Waals surface area (Å²) in [5.74, 6) is -0.0513. The highest BCUT2D eigenvalue weighted by atomic mass is 16.5. The van der Waals surface area contributed by atoms with Gasteiger partial charge in [-0.25, -0.2) is 0 Å². The van der Waals surface area contributed by atoms with Gasteiger partial charge in [-0.15, -0.1) is 0 Å². The van der Waals surface area contributed by atoms with E-state index in [-0.39, 0.29) is 5.91 Å². The van der Waals surface area contributed by atoms with Crippen LogP contribution in [0.2, 0.25) is 0 Å². The maximum Gasteiger partial charge on any atom is 0.221 e. The van der Waals surface area contributed by atoms with Gasteiger partial charge in [-0.05, 0) is 24.6 Å². The van der Waals surface area contributed by atoms with E-state index in [1.165, 1.54) is 12.5 Å². The van der Waals surface area contributed by atoms with Gasteiger partial charge < -0.3 is 15.4 Å². The van der Waals surface area contributed by atoms with E-state index in [0.717, 1.165) is 12.2 Å². The molecule has 1 aromatic carbocycles. The predicted molar refractivity (Wildman–Crippen MR) is 68.9 cm³/mol. The quantitative estimate of drug-likeness (QED) is 0.791. The molecule has 0 heterocycles. The number of hydrogen-bond donors (Lipinski definition) is 2. The van der Waals surface area contributed by atoms with Crippen molar-refractivity contribution in [2.45, 2.75) is 26.4 Å². The SMILES string of the molecule is COC[C@@H](C)NCc1ccc(NC(C)=O)cc1. The summed E-state index contributed by atoms with van der Waals surface area (Å²) in [6.45, 7) is 5.08. The van der Waals surface area contributed by atoms with Crippen LogP contribution in [-0.2, 0) is 16.1 Å². The number of benzene rings is 1. The monoisotopic (exact) mass is 236 g/mol. The first-order valence-corrected chi connectivity index (χ1v) is 5.70. The van der Waals surface area contributed by atoms with E-state index >= 15 is 0 Å². The van der Waals surface area contributed by atoms with E-state index < -0.39 is 0 Å². The molecule has 0 aromatic heterocycles. The summed E-state index contributed by atoms with van der Waals surface area (Å²) < 4.78 is 5.04. The summed E-state index contributed by atoms with van der Waals surface area (Å²) in [5.41, 5.74) is 2.01. The molecule has 0 aliphatic rings. The molecule has 0 saturated carbocycles. The number of methoxy groups -OCH3 is 1. The van der Waals surface area contributed by atoms with Crippen molar-refractivity contribution in [1.29, 1.82) is 0 Å². The van der Waals surface area contributed by atoms with Crippen molar-refractivity contribution < 1.29 is 9.53 Å². The van der Waals surface area contributed by atoms with E-state index in [1.807, 2.05) is 24.3 Å². The predicted octanol–water partition coefficient (Wildman–Crippen LogP) is 1.77. The summed E-state index contributed by atoms with van der Waals surface area (Å²) >= 11 is 0. The molecule has 0 radical (unpaired) electrons. The van der Waals surface area contributed by atoms with Gasteiger partial charge in [0.1, 0.15) is 0 Å². The van der Waals surface area contributed by atoms with Crippen molar-refractivity contribution in [3.05, 3.63) is 29.8 Å². The molecule has 1 rings (SSSR count). The molecule has 1 amide bonds. The van der Waals surface area contributed by atoms with Gasteiger partial charge in [0.15, 0.2) is 0 Å². The average molecular weight is 236 g/mol. The fraction of sp³-hybridized carbons (Fsp3) is 0.462. The molecule has 1 atom stereocenters. The maximum absolute atomic E-state index is 10.8. The van der Waals surface area contributed by atoms with Crippen molar-refractivity contribution in [3.8, 4) is 0 Å². The van der Waals surface area contributed by atoms with Gasteiger partial charge in [-0.1, -0.05) is 12.1 Å². The molecule has 0 spiro atoms. The van der Waals surface area contributed by atoms with Crippen molar-refractivity contribution in [2.75, 3.05) is 19.0 Å². The Labute approximate surface area is 102 Å². The Bertz CT molecular complexity index is 349. The number of carbonyl (C=O) groups excluding carboxylic acids is 1. The molecule has 0 bridgehead atoms. The van der Waals surface area contributed by atoms with Crippen LogP contribution in [0, 0.1) is 0 Å². The lowest BCUT2D eigenvalue weighted by atomic mass is 10.2. The summed E-state index contributed by atoms with van der Waals surface area (Å²) in [6.07, 6.45) is 0. The van der Waals surface area contributed by atoms with Gasteiger partial charge in [0, 0.05) is 32.3 Å². The number of rotatable bonds is 6. The molecule has 0 fully saturated rings. The van der Waals surface area contributed by atoms with Crippen molar-refractivity contribution in [3.63, 3.8) is 0 Å². The van der Waals surface area contributed by atoms with Gasteiger partial charge >= 0.3 is 0 Å². The lowest BCUT2D eigenvalue weighted by Crippen LogP contribution is -2.29. The topological polar surface area (TPSA) is 50.4 Å². The average Bonchev–Trinajstić information content (AvgIpc) is 2.28. The molecule has 94 valence electrons. The molecule has 0 aliphatic carbocycles. The second-order valence-corrected chi connectivity index (χ2v) is 4.12. The Morgan fingerprint density at radius 3 is 2.53 bits per heavy atom. The standard InChI is InChI=1S/C13H20N2O2/c1-10(9-17-3)14-8-12-4-6-13(7-5-12)15-11(2)16/h4-7,10,14H,8-9H2,1-3H3,(H,15,16)/t10-/m1/s1. The summed E-state index contributed by atoms with van der Waals surface area (Å²) in [6, 6.07) is 8.13. The zero-order chi connectivity index (χ0) is 12.7. The Morgan fingerprint density at radius 2 is 2.00 bits per heavy atom. The van der Waals surface area contributed by atoms with Crippen molar-refractivity contribution >= 4 is 11.6 Å². The van der Waals surface area contributed by atoms with E-state index in [1.54, 1.807) is 7.11 Å². The van der Waals surface area contributed by atoms with Gasteiger partial charge in [0.05, 0.1) is 6.61 Å². The van der Waals surface area contributed by atoms with Crippen molar-refractivity contribution in [2.24, 2.45) is 0 Å². The van der Waals surface area contributed by atoms with Crippen LogP contribution in [0.4, 0.5) is 5.69 Å². The highest BCUT2D eigenvalue weighted by Gasteiger charge is 2.01. The number of amides is 1. The third kappa shape index (κ3) is 5.47. The van der Waals surface area contributed by atoms with Crippen LogP contribution in [0.3, 0.4) is 0 Å². The third-order valence-electron chi connectivity index (χ3n) is 2.35. The van der Waals surface area contributed by atoms with Gasteiger partial charge in [-0.3, -0.25) is 4.79 Å². The van der Waals surface area contributed by atoms with Gasteiger partial charge in [0.25, 0.3) is 0 Å². The largest absolute Gasteiger partial charge is 0.383 e. The minimum Gasteiger partial charge on any atom is -0.383 e. The highest BCUT2D eigenvalue weighted by molar-refractivity contribution is 5.88. The number of carbonyl (C=O) groups is 1. The molecular weight excluding hydrogens is 216 g/mol. The molecule has 2 N–H and O–H groups in total. The summed E-state index contributed by atoms with van der Waals surface area (Å²) in [5, 5.41) is 6.09. The third-order valence-corrected chi connectivity index (χ3v) is 2.35. The highest BCUT2D eigenvalue weighted by Crippen LogP contribution is 2.09. The summed E-state index contributed by atoms with van der Waals surface area (Å²) in [4.78, 5) is 10.8. The van der Waals surface area contributed by atoms with E-state index in [9.17, 15) is 4.79 Å². The molecule has 17 heavy (non-hydrogen) atoms. The second-order valence-electron chi connectivity index (χ2n) is 4.12. The smallest absolute Gasteiger partial charge is 0.221 e. The van der Waals surface area contributed by atoms with E-state index in [4.69, 9.17) is 4.74 Å². The van der Waals surface area contributed by atoms with Crippen LogP contribution in [0.15, 0.2) is 24.3 Å². The minimum absolute atomic E-state index is 0.0513. The lowest BCUT2D eigenvalue weighted by Gasteiger charge is -2.12. The van der Waals surface area contributed by atoms with Gasteiger partial charge in [-0.2, -0.15) is 0 Å². The second kappa shape index (κ2) is 7.04. The maximum atomic E-state index is 10.8. The summed E-state index contributed by atoms with van der Waals surface area (Å²) in [7, 11) is 1.69. The van der Waals surface area contributed by atoms with Crippen LogP contribution in [0.25, 0.3) is 0 Å². The van der Waals surface area contributed by atoms with Crippen LogP contribution < -0.4 is 10.6 Å². The van der Waals surface area contributed by atoms with Crippen molar-refractivity contribution in [1.82, 2.24) is 5.32 Å². The molecule has 0 unspecified atom stereocenters. The van der Waals surface area contributed by atoms with Crippen LogP contribution in [0.1, 0.15) is 19.4 Å². The zero-order valence-electron chi connectivity index (χ0n) is 10.6. The normalized spacial score (nSPS) is 12.2. The first kappa shape index (κ1) is 13.7. The molecule has 4 heteroatoms.